The molecule has 1 amide bonds. The number of amides is 1. The third-order valence-electron chi connectivity index (χ3n) is 5.37. The fraction of sp³-hybridized carbons (Fsp3) is 0.167. The number of fused-ring (bicyclic) bond motifs is 1. The number of hydrogen-bond acceptors (Lipinski definition) is 7. The Kier molecular flexibility index (Phi) is 5.95. The SMILES string of the molecule is COc1ccccc1-n1nnnc1SCC(=O)N1c2ccccc2OC[C@@H]1c1ccccc1. The van der Waals surface area contributed by atoms with Crippen molar-refractivity contribution in [3.8, 4) is 17.2 Å². The number of ether oxygens (including phenoxy) is 2. The summed E-state index contributed by atoms with van der Waals surface area (Å²) in [5.41, 5.74) is 2.48. The first-order chi connectivity index (χ1) is 16.3. The minimum atomic E-state index is -0.223. The molecule has 33 heavy (non-hydrogen) atoms. The molecule has 5 rings (SSSR count). The monoisotopic (exact) mass is 459 g/mol. The van der Waals surface area contributed by atoms with Gasteiger partial charge < -0.3 is 9.47 Å². The molecule has 0 saturated heterocycles. The van der Waals surface area contributed by atoms with Crippen LogP contribution < -0.4 is 14.4 Å². The van der Waals surface area contributed by atoms with Gasteiger partial charge in [0, 0.05) is 0 Å². The maximum absolute atomic E-state index is 13.6. The fourth-order valence-electron chi connectivity index (χ4n) is 3.84. The molecule has 0 radical (unpaired) electrons. The Morgan fingerprint density at radius 3 is 2.58 bits per heavy atom. The van der Waals surface area contributed by atoms with Crippen LogP contribution in [0.3, 0.4) is 0 Å². The molecule has 0 fully saturated rings. The van der Waals surface area contributed by atoms with E-state index in [0.717, 1.165) is 11.3 Å². The Hall–Kier alpha value is -3.85. The molecule has 1 atom stereocenters. The summed E-state index contributed by atoms with van der Waals surface area (Å²) in [6, 6.07) is 24.8. The number of rotatable bonds is 6. The highest BCUT2D eigenvalue weighted by Gasteiger charge is 2.33. The number of carbonyl (C=O) groups is 1. The van der Waals surface area contributed by atoms with Crippen LogP contribution in [0.25, 0.3) is 5.69 Å². The van der Waals surface area contributed by atoms with Crippen LogP contribution in [0.4, 0.5) is 5.69 Å². The smallest absolute Gasteiger partial charge is 0.238 e. The Morgan fingerprint density at radius 1 is 1.03 bits per heavy atom. The van der Waals surface area contributed by atoms with Crippen LogP contribution in [-0.4, -0.2) is 45.6 Å². The number of aromatic nitrogens is 4. The number of thioether (sulfide) groups is 1. The van der Waals surface area contributed by atoms with Gasteiger partial charge in [-0.3, -0.25) is 9.69 Å². The van der Waals surface area contributed by atoms with Gasteiger partial charge in [0.1, 0.15) is 23.8 Å². The largest absolute Gasteiger partial charge is 0.494 e. The number of para-hydroxylation sites is 4. The lowest BCUT2D eigenvalue weighted by Gasteiger charge is -2.37. The van der Waals surface area contributed by atoms with Gasteiger partial charge in [-0.2, -0.15) is 4.68 Å². The first kappa shape index (κ1) is 21.0. The van der Waals surface area contributed by atoms with Crippen LogP contribution in [0.15, 0.2) is 84.0 Å². The van der Waals surface area contributed by atoms with Crippen molar-refractivity contribution < 1.29 is 14.3 Å². The molecule has 2 heterocycles. The second-order valence-corrected chi connectivity index (χ2v) is 8.25. The summed E-state index contributed by atoms with van der Waals surface area (Å²) in [7, 11) is 1.60. The first-order valence-corrected chi connectivity index (χ1v) is 11.4. The van der Waals surface area contributed by atoms with Crippen LogP contribution in [-0.2, 0) is 4.79 Å². The summed E-state index contributed by atoms with van der Waals surface area (Å²) in [6.45, 7) is 0.385. The molecule has 166 valence electrons. The zero-order valence-corrected chi connectivity index (χ0v) is 18.7. The predicted octanol–water partition coefficient (Wildman–Crippen LogP) is 3.93. The van der Waals surface area contributed by atoms with Crippen LogP contribution >= 0.6 is 11.8 Å². The molecule has 1 aliphatic heterocycles. The highest BCUT2D eigenvalue weighted by molar-refractivity contribution is 7.99. The van der Waals surface area contributed by atoms with E-state index in [0.29, 0.717) is 28.9 Å². The van der Waals surface area contributed by atoms with Crippen LogP contribution in [0.2, 0.25) is 0 Å². The van der Waals surface area contributed by atoms with E-state index in [2.05, 4.69) is 15.5 Å². The van der Waals surface area contributed by atoms with E-state index in [4.69, 9.17) is 9.47 Å². The minimum Gasteiger partial charge on any atom is -0.494 e. The molecule has 9 heteroatoms. The van der Waals surface area contributed by atoms with Crippen molar-refractivity contribution in [3.05, 3.63) is 84.4 Å². The lowest BCUT2D eigenvalue weighted by atomic mass is 10.0. The zero-order chi connectivity index (χ0) is 22.6. The first-order valence-electron chi connectivity index (χ1n) is 10.4. The van der Waals surface area contributed by atoms with Crippen LogP contribution in [0.1, 0.15) is 11.6 Å². The van der Waals surface area contributed by atoms with Crippen LogP contribution in [0.5, 0.6) is 11.5 Å². The molecule has 0 unspecified atom stereocenters. The van der Waals surface area contributed by atoms with Crippen molar-refractivity contribution in [3.63, 3.8) is 0 Å². The van der Waals surface area contributed by atoms with E-state index >= 15 is 0 Å². The molecule has 1 aliphatic rings. The minimum absolute atomic E-state index is 0.0563. The molecule has 1 aromatic heterocycles. The van der Waals surface area contributed by atoms with Crippen molar-refractivity contribution in [1.82, 2.24) is 20.2 Å². The number of nitrogens with zero attached hydrogens (tertiary/aromatic N) is 5. The Bertz CT molecular complexity index is 1260. The highest BCUT2D eigenvalue weighted by Crippen LogP contribution is 2.40. The lowest BCUT2D eigenvalue weighted by Crippen LogP contribution is -2.42. The van der Waals surface area contributed by atoms with E-state index in [1.54, 1.807) is 11.8 Å². The standard InChI is InChI=1S/C24H21N5O3S/c1-31-21-13-7-6-12-19(21)29-24(25-26-27-29)33-16-23(30)28-18-11-5-8-14-22(18)32-15-20(28)17-9-3-2-4-10-17/h2-14,20H,15-16H2,1H3/t20-/m1/s1. The average molecular weight is 460 g/mol. The molecule has 0 bridgehead atoms. The van der Waals surface area contributed by atoms with Crippen molar-refractivity contribution >= 4 is 23.4 Å². The van der Waals surface area contributed by atoms with Crippen molar-refractivity contribution in [2.75, 3.05) is 24.4 Å². The Labute approximate surface area is 195 Å². The topological polar surface area (TPSA) is 82.4 Å². The fourth-order valence-corrected chi connectivity index (χ4v) is 4.58. The van der Waals surface area contributed by atoms with Gasteiger partial charge >= 0.3 is 0 Å². The molecule has 3 aromatic carbocycles. The van der Waals surface area contributed by atoms with E-state index in [9.17, 15) is 4.79 Å². The van der Waals surface area contributed by atoms with Crippen molar-refractivity contribution in [2.24, 2.45) is 0 Å². The number of benzene rings is 3. The lowest BCUT2D eigenvalue weighted by molar-refractivity contribution is -0.117. The number of methoxy groups -OCH3 is 1. The molecular weight excluding hydrogens is 438 g/mol. The third kappa shape index (κ3) is 4.14. The number of anilines is 1. The average Bonchev–Trinajstić information content (AvgIpc) is 3.35. The summed E-state index contributed by atoms with van der Waals surface area (Å²) in [6.07, 6.45) is 0. The maximum Gasteiger partial charge on any atom is 0.238 e. The normalized spacial score (nSPS) is 14.9. The highest BCUT2D eigenvalue weighted by atomic mass is 32.2. The summed E-state index contributed by atoms with van der Waals surface area (Å²) in [4.78, 5) is 15.4. The summed E-state index contributed by atoms with van der Waals surface area (Å²) in [5.74, 6) is 1.44. The zero-order valence-electron chi connectivity index (χ0n) is 17.9. The third-order valence-corrected chi connectivity index (χ3v) is 6.27. The van der Waals surface area contributed by atoms with Crippen LogP contribution in [0, 0.1) is 0 Å². The summed E-state index contributed by atoms with van der Waals surface area (Å²) in [5, 5.41) is 12.5. The summed E-state index contributed by atoms with van der Waals surface area (Å²) < 4.78 is 13.0. The summed E-state index contributed by atoms with van der Waals surface area (Å²) >= 11 is 1.28. The van der Waals surface area contributed by atoms with Gasteiger partial charge in [-0.05, 0) is 40.3 Å². The van der Waals surface area contributed by atoms with Gasteiger partial charge in [-0.1, -0.05) is 66.4 Å². The van der Waals surface area contributed by atoms with Gasteiger partial charge in [-0.25, -0.2) is 0 Å². The van der Waals surface area contributed by atoms with E-state index < -0.39 is 0 Å². The maximum atomic E-state index is 13.6. The van der Waals surface area contributed by atoms with E-state index in [1.165, 1.54) is 11.8 Å². The number of hydrogen-bond donors (Lipinski definition) is 0. The molecule has 0 aliphatic carbocycles. The van der Waals surface area contributed by atoms with E-state index in [-0.39, 0.29) is 17.7 Å². The predicted molar refractivity (Wildman–Crippen MR) is 125 cm³/mol. The second-order valence-electron chi connectivity index (χ2n) is 7.30. The van der Waals surface area contributed by atoms with E-state index in [1.807, 2.05) is 83.8 Å². The molecule has 8 nitrogen and oxygen atoms in total. The Balaban J connectivity index is 1.42. The van der Waals surface area contributed by atoms with Gasteiger partial charge in [0.25, 0.3) is 0 Å². The molecular formula is C24H21N5O3S. The molecule has 0 spiro atoms. The molecule has 0 saturated carbocycles. The quantitative estimate of drug-likeness (QED) is 0.404. The van der Waals surface area contributed by atoms with Gasteiger partial charge in [0.2, 0.25) is 11.1 Å². The van der Waals surface area contributed by atoms with Gasteiger partial charge in [-0.15, -0.1) is 5.10 Å². The number of tetrazole rings is 1. The van der Waals surface area contributed by atoms with Gasteiger partial charge in [0.15, 0.2) is 0 Å². The van der Waals surface area contributed by atoms with Crippen molar-refractivity contribution in [1.29, 1.82) is 0 Å². The molecule has 0 N–H and O–H groups in total. The second kappa shape index (κ2) is 9.33. The van der Waals surface area contributed by atoms with Crippen molar-refractivity contribution in [2.45, 2.75) is 11.2 Å². The van der Waals surface area contributed by atoms with Gasteiger partial charge in [0.05, 0.1) is 24.6 Å². The molecule has 4 aromatic rings. The Morgan fingerprint density at radius 2 is 1.76 bits per heavy atom. The number of carbonyl (C=O) groups excluding carboxylic acids is 1.